The number of rotatable bonds is 11. The van der Waals surface area contributed by atoms with Crippen molar-refractivity contribution >= 4 is 17.9 Å². The maximum Gasteiger partial charge on any atom is 0.293 e. The van der Waals surface area contributed by atoms with Crippen molar-refractivity contribution in [3.05, 3.63) is 64.7 Å². The lowest BCUT2D eigenvalue weighted by Gasteiger charge is -2.33. The number of nitrogens with zero attached hydrogens (tertiary/aromatic N) is 7. The Morgan fingerprint density at radius 2 is 1.93 bits per heavy atom. The highest BCUT2D eigenvalue weighted by atomic mass is 19.1. The molecule has 1 saturated heterocycles. The molecule has 3 N–H and O–H groups in total. The molecule has 1 amide bonds. The van der Waals surface area contributed by atoms with Crippen molar-refractivity contribution in [2.24, 2.45) is 5.10 Å². The van der Waals surface area contributed by atoms with Crippen LogP contribution in [0.3, 0.4) is 0 Å². The molecule has 0 aliphatic carbocycles. The molecule has 1 aliphatic heterocycles. The van der Waals surface area contributed by atoms with E-state index in [1.54, 1.807) is 24.3 Å². The van der Waals surface area contributed by atoms with Crippen molar-refractivity contribution < 1.29 is 28.0 Å². The first-order valence-electron chi connectivity index (χ1n) is 13.6. The maximum atomic E-state index is 13.2. The van der Waals surface area contributed by atoms with Gasteiger partial charge in [0.05, 0.1) is 26.1 Å². The summed E-state index contributed by atoms with van der Waals surface area (Å²) in [4.78, 5) is 15.5. The number of piperidine rings is 1. The average molecular weight is 594 g/mol. The summed E-state index contributed by atoms with van der Waals surface area (Å²) < 4.78 is 36.3. The molecule has 43 heavy (non-hydrogen) atoms. The summed E-state index contributed by atoms with van der Waals surface area (Å²) >= 11 is 0. The number of ether oxygens (including phenoxy) is 3. The molecule has 4 aromatic rings. The van der Waals surface area contributed by atoms with Gasteiger partial charge in [-0.3, -0.25) is 9.69 Å². The summed E-state index contributed by atoms with van der Waals surface area (Å²) in [6.45, 7) is 3.57. The van der Waals surface area contributed by atoms with Crippen LogP contribution in [0.1, 0.15) is 53.5 Å². The molecule has 15 heteroatoms. The molecule has 0 saturated carbocycles. The van der Waals surface area contributed by atoms with Gasteiger partial charge in [0.15, 0.2) is 17.2 Å². The van der Waals surface area contributed by atoms with Gasteiger partial charge in [0.25, 0.3) is 5.91 Å². The molecule has 1 atom stereocenters. The van der Waals surface area contributed by atoms with Gasteiger partial charge in [0.2, 0.25) is 17.4 Å². The predicted octanol–water partition coefficient (Wildman–Crippen LogP) is 3.11. The van der Waals surface area contributed by atoms with E-state index in [0.29, 0.717) is 41.1 Å². The summed E-state index contributed by atoms with van der Waals surface area (Å²) in [6, 6.07) is 9.65. The van der Waals surface area contributed by atoms with Crippen LogP contribution in [0.4, 0.5) is 10.2 Å². The van der Waals surface area contributed by atoms with Crippen molar-refractivity contribution in [2.45, 2.75) is 45.4 Å². The van der Waals surface area contributed by atoms with Crippen LogP contribution in [0.15, 0.2) is 46.1 Å². The molecule has 5 rings (SSSR count). The number of halogens is 1. The minimum absolute atomic E-state index is 0.0239. The Labute approximate surface area is 246 Å². The number of likely N-dealkylation sites (tertiary alicyclic amines) is 1. The summed E-state index contributed by atoms with van der Waals surface area (Å²) in [5.41, 5.74) is 10.3. The zero-order chi connectivity index (χ0) is 30.3. The van der Waals surface area contributed by atoms with Crippen LogP contribution in [0, 0.1) is 5.82 Å². The minimum Gasteiger partial charge on any atom is -0.493 e. The molecule has 2 aromatic carbocycles. The van der Waals surface area contributed by atoms with Crippen molar-refractivity contribution in [2.75, 3.05) is 26.5 Å². The third-order valence-corrected chi connectivity index (χ3v) is 7.13. The van der Waals surface area contributed by atoms with E-state index >= 15 is 0 Å². The molecular weight excluding hydrogens is 561 g/mol. The molecule has 226 valence electrons. The highest BCUT2D eigenvalue weighted by molar-refractivity contribution is 5.94. The van der Waals surface area contributed by atoms with Gasteiger partial charge in [-0.15, -0.1) is 5.10 Å². The van der Waals surface area contributed by atoms with Gasteiger partial charge < -0.3 is 19.9 Å². The summed E-state index contributed by atoms with van der Waals surface area (Å²) in [7, 11) is 2.99. The van der Waals surface area contributed by atoms with Gasteiger partial charge in [-0.1, -0.05) is 23.8 Å². The molecule has 1 unspecified atom stereocenters. The predicted molar refractivity (Wildman–Crippen MR) is 153 cm³/mol. The van der Waals surface area contributed by atoms with Crippen molar-refractivity contribution in [1.82, 2.24) is 35.6 Å². The molecule has 1 fully saturated rings. The van der Waals surface area contributed by atoms with Crippen LogP contribution < -0.4 is 25.4 Å². The normalized spacial score (nSPS) is 15.5. The SMILES string of the molecule is COc1cc(/C=N\NC(=O)c2nnn(-c3nonc3N)c2CN2CCCCC2C)cc(OC)c1OCc1ccc(F)cc1. The standard InChI is InChI=1S/C28H32FN9O5/c1-17-6-4-5-11-37(17)15-21-24(32-36-38(21)27-26(30)34-43-35-27)28(39)33-31-14-19-12-22(40-2)25(23(13-19)41-3)42-16-18-7-9-20(29)10-8-18/h7-10,12-14,17H,4-6,11,15-16H2,1-3H3,(H2,30,34)(H,33,39)/b31-14-. The lowest BCUT2D eigenvalue weighted by Crippen LogP contribution is -2.38. The number of hydrogen-bond acceptors (Lipinski definition) is 12. The number of hydrazone groups is 1. The third kappa shape index (κ3) is 6.72. The van der Waals surface area contributed by atoms with Gasteiger partial charge in [-0.2, -0.15) is 9.78 Å². The number of nitrogens with two attached hydrogens (primary N) is 1. The zero-order valence-electron chi connectivity index (χ0n) is 24.0. The van der Waals surface area contributed by atoms with Crippen molar-refractivity contribution in [1.29, 1.82) is 0 Å². The first-order valence-corrected chi connectivity index (χ1v) is 13.6. The van der Waals surface area contributed by atoms with Gasteiger partial charge in [-0.05, 0) is 66.5 Å². The smallest absolute Gasteiger partial charge is 0.293 e. The Bertz CT molecular complexity index is 1560. The van der Waals surface area contributed by atoms with E-state index in [9.17, 15) is 9.18 Å². The van der Waals surface area contributed by atoms with Crippen LogP contribution >= 0.6 is 0 Å². The van der Waals surface area contributed by atoms with Gasteiger partial charge in [-0.25, -0.2) is 14.4 Å². The maximum absolute atomic E-state index is 13.2. The number of nitrogen functional groups attached to an aromatic ring is 1. The second-order valence-corrected chi connectivity index (χ2v) is 9.95. The van der Waals surface area contributed by atoms with Gasteiger partial charge >= 0.3 is 0 Å². The van der Waals surface area contributed by atoms with E-state index < -0.39 is 5.91 Å². The number of carbonyl (C=O) groups is 1. The third-order valence-electron chi connectivity index (χ3n) is 7.13. The zero-order valence-corrected chi connectivity index (χ0v) is 24.0. The number of benzene rings is 2. The molecule has 0 bridgehead atoms. The topological polar surface area (TPSA) is 168 Å². The first kappa shape index (κ1) is 29.4. The van der Waals surface area contributed by atoms with Crippen LogP contribution in [0.25, 0.3) is 5.82 Å². The number of aromatic nitrogens is 5. The van der Waals surface area contributed by atoms with Crippen molar-refractivity contribution in [3.63, 3.8) is 0 Å². The average Bonchev–Trinajstić information content (AvgIpc) is 3.63. The number of anilines is 1. The summed E-state index contributed by atoms with van der Waals surface area (Å²) in [5.74, 6) is 0.402. The number of hydrogen-bond donors (Lipinski definition) is 2. The van der Waals surface area contributed by atoms with E-state index in [1.807, 2.05) is 0 Å². The fourth-order valence-electron chi connectivity index (χ4n) is 4.78. The summed E-state index contributed by atoms with van der Waals surface area (Å²) in [5, 5.41) is 19.8. The summed E-state index contributed by atoms with van der Waals surface area (Å²) in [6.07, 6.45) is 4.68. The Balaban J connectivity index is 1.34. The molecule has 2 aromatic heterocycles. The minimum atomic E-state index is -0.574. The van der Waals surface area contributed by atoms with Crippen molar-refractivity contribution in [3.8, 4) is 23.1 Å². The Kier molecular flexibility index (Phi) is 9.10. The number of amides is 1. The van der Waals surface area contributed by atoms with Gasteiger partial charge in [0, 0.05) is 18.2 Å². The second-order valence-electron chi connectivity index (χ2n) is 9.95. The Morgan fingerprint density at radius 3 is 2.58 bits per heavy atom. The fraction of sp³-hybridized carbons (Fsp3) is 0.357. The first-order chi connectivity index (χ1) is 20.9. The second kappa shape index (κ2) is 13.3. The quantitative estimate of drug-likeness (QED) is 0.194. The Morgan fingerprint density at radius 1 is 1.19 bits per heavy atom. The lowest BCUT2D eigenvalue weighted by molar-refractivity contribution is 0.0945. The molecule has 0 radical (unpaired) electrons. The largest absolute Gasteiger partial charge is 0.493 e. The monoisotopic (exact) mass is 593 g/mol. The fourth-order valence-corrected chi connectivity index (χ4v) is 4.78. The van der Waals surface area contributed by atoms with E-state index in [1.165, 1.54) is 37.2 Å². The van der Waals surface area contributed by atoms with Crippen LogP contribution in [-0.2, 0) is 13.2 Å². The highest BCUT2D eigenvalue weighted by Gasteiger charge is 2.28. The highest BCUT2D eigenvalue weighted by Crippen LogP contribution is 2.38. The van der Waals surface area contributed by atoms with E-state index in [0.717, 1.165) is 31.4 Å². The number of carbonyl (C=O) groups excluding carboxylic acids is 1. The number of nitrogens with one attached hydrogen (secondary N) is 1. The van der Waals surface area contributed by atoms with Crippen LogP contribution in [0.2, 0.25) is 0 Å². The molecule has 0 spiro atoms. The van der Waals surface area contributed by atoms with Crippen LogP contribution in [-0.4, -0.2) is 69.1 Å². The molecule has 3 heterocycles. The number of methoxy groups -OCH3 is 2. The molecule has 1 aliphatic rings. The van der Waals surface area contributed by atoms with E-state index in [2.05, 4.69) is 43.0 Å². The molecule has 14 nitrogen and oxygen atoms in total. The molecular formula is C28H32FN9O5. The van der Waals surface area contributed by atoms with E-state index in [4.69, 9.17) is 24.6 Å². The lowest BCUT2D eigenvalue weighted by atomic mass is 10.0. The Hall–Kier alpha value is -5.05. The van der Waals surface area contributed by atoms with E-state index in [-0.39, 0.29) is 29.8 Å². The van der Waals surface area contributed by atoms with Crippen LogP contribution in [0.5, 0.6) is 17.2 Å². The van der Waals surface area contributed by atoms with Gasteiger partial charge in [0.1, 0.15) is 12.4 Å².